The number of hydrogen-bond acceptors (Lipinski definition) is 1. The highest BCUT2D eigenvalue weighted by molar-refractivity contribution is 5.91. The zero-order chi connectivity index (χ0) is 15.0. The summed E-state index contributed by atoms with van der Waals surface area (Å²) in [6.45, 7) is 0. The molecule has 1 heterocycles. The molecule has 0 saturated heterocycles. The van der Waals surface area contributed by atoms with E-state index in [9.17, 15) is 0 Å². The van der Waals surface area contributed by atoms with Gasteiger partial charge < -0.3 is 0 Å². The van der Waals surface area contributed by atoms with Crippen LogP contribution in [0, 0.1) is 11.8 Å². The number of hydrogen-bond donors (Lipinski definition) is 0. The first kappa shape index (κ1) is 13.9. The predicted octanol–water partition coefficient (Wildman–Crippen LogP) is 4.67. The van der Waals surface area contributed by atoms with Crippen LogP contribution < -0.4 is 0 Å². The molecule has 0 radical (unpaired) electrons. The second-order valence-electron chi connectivity index (χ2n) is 4.83. The van der Waals surface area contributed by atoms with Gasteiger partial charge >= 0.3 is 0 Å². The van der Waals surface area contributed by atoms with E-state index in [1.54, 1.807) is 12.4 Å². The fourth-order valence-corrected chi connectivity index (χ4v) is 2.10. The Kier molecular flexibility index (Phi) is 4.44. The standard InChI is InChI=1S/C21H15N/c1-3-8-18(9-4-1)16-21(20-11-5-2-6-12-20)14-13-19-10-7-15-22-17-19/h1-12,15-17H/b21-16+. The molecule has 0 spiro atoms. The molecule has 22 heavy (non-hydrogen) atoms. The first-order chi connectivity index (χ1) is 10.9. The van der Waals surface area contributed by atoms with E-state index >= 15 is 0 Å². The van der Waals surface area contributed by atoms with Gasteiger partial charge in [-0.05, 0) is 29.3 Å². The lowest BCUT2D eigenvalue weighted by molar-refractivity contribution is 1.31. The van der Waals surface area contributed by atoms with Gasteiger partial charge in [0.05, 0.1) is 0 Å². The number of rotatable bonds is 2. The molecule has 0 aliphatic carbocycles. The summed E-state index contributed by atoms with van der Waals surface area (Å²) in [5, 5.41) is 0. The average Bonchev–Trinajstić information content (AvgIpc) is 2.61. The van der Waals surface area contributed by atoms with Crippen LogP contribution in [0.15, 0.2) is 85.2 Å². The van der Waals surface area contributed by atoms with Crippen molar-refractivity contribution in [2.45, 2.75) is 0 Å². The monoisotopic (exact) mass is 281 g/mol. The summed E-state index contributed by atoms with van der Waals surface area (Å²) in [6, 6.07) is 24.3. The van der Waals surface area contributed by atoms with Gasteiger partial charge in [-0.3, -0.25) is 4.98 Å². The highest BCUT2D eigenvalue weighted by Gasteiger charge is 1.98. The third-order valence-electron chi connectivity index (χ3n) is 3.20. The minimum atomic E-state index is 0.914. The quantitative estimate of drug-likeness (QED) is 0.491. The van der Waals surface area contributed by atoms with E-state index in [0.717, 1.165) is 22.3 Å². The van der Waals surface area contributed by atoms with Gasteiger partial charge in [0.1, 0.15) is 0 Å². The zero-order valence-electron chi connectivity index (χ0n) is 12.1. The van der Waals surface area contributed by atoms with Crippen molar-refractivity contribution in [1.29, 1.82) is 0 Å². The summed E-state index contributed by atoms with van der Waals surface area (Å²) in [5.74, 6) is 6.45. The van der Waals surface area contributed by atoms with Crippen molar-refractivity contribution in [3.05, 3.63) is 102 Å². The van der Waals surface area contributed by atoms with Gasteiger partial charge in [-0.1, -0.05) is 72.5 Å². The lowest BCUT2D eigenvalue weighted by Crippen LogP contribution is -1.83. The van der Waals surface area contributed by atoms with Crippen LogP contribution in [-0.4, -0.2) is 4.98 Å². The van der Waals surface area contributed by atoms with Crippen LogP contribution >= 0.6 is 0 Å². The smallest absolute Gasteiger partial charge is 0.0432 e. The minimum absolute atomic E-state index is 0.914. The molecule has 1 aromatic heterocycles. The van der Waals surface area contributed by atoms with Gasteiger partial charge in [0.25, 0.3) is 0 Å². The van der Waals surface area contributed by atoms with Crippen LogP contribution in [0.3, 0.4) is 0 Å². The van der Waals surface area contributed by atoms with Crippen LogP contribution in [0.5, 0.6) is 0 Å². The molecular weight excluding hydrogens is 266 g/mol. The van der Waals surface area contributed by atoms with Crippen molar-refractivity contribution >= 4 is 11.6 Å². The fourth-order valence-electron chi connectivity index (χ4n) is 2.10. The first-order valence-electron chi connectivity index (χ1n) is 7.16. The molecule has 3 rings (SSSR count). The number of allylic oxidation sites excluding steroid dienone is 1. The molecule has 2 aromatic carbocycles. The van der Waals surface area contributed by atoms with Crippen molar-refractivity contribution in [3.8, 4) is 11.8 Å². The largest absolute Gasteiger partial charge is 0.263 e. The number of nitrogens with zero attached hydrogens (tertiary/aromatic N) is 1. The zero-order valence-corrected chi connectivity index (χ0v) is 12.1. The SMILES string of the molecule is C(#Cc1cccnc1)/C(=C\c1ccccc1)c1ccccc1. The number of benzene rings is 2. The number of aromatic nitrogens is 1. The molecule has 0 saturated carbocycles. The van der Waals surface area contributed by atoms with E-state index < -0.39 is 0 Å². The number of pyridine rings is 1. The molecule has 0 unspecified atom stereocenters. The maximum Gasteiger partial charge on any atom is 0.0432 e. The molecule has 0 N–H and O–H groups in total. The van der Waals surface area contributed by atoms with Crippen molar-refractivity contribution < 1.29 is 0 Å². The second-order valence-corrected chi connectivity index (χ2v) is 4.83. The van der Waals surface area contributed by atoms with Gasteiger partial charge in [-0.2, -0.15) is 0 Å². The van der Waals surface area contributed by atoms with Crippen molar-refractivity contribution in [2.75, 3.05) is 0 Å². The Morgan fingerprint density at radius 2 is 1.55 bits per heavy atom. The van der Waals surface area contributed by atoms with Gasteiger partial charge in [-0.25, -0.2) is 0 Å². The predicted molar refractivity (Wildman–Crippen MR) is 91.9 cm³/mol. The molecule has 3 aromatic rings. The second kappa shape index (κ2) is 7.06. The van der Waals surface area contributed by atoms with Crippen LogP contribution in [0.1, 0.15) is 16.7 Å². The summed E-state index contributed by atoms with van der Waals surface area (Å²) >= 11 is 0. The van der Waals surface area contributed by atoms with Crippen LogP contribution in [0.25, 0.3) is 11.6 Å². The van der Waals surface area contributed by atoms with E-state index in [2.05, 4.69) is 47.2 Å². The third kappa shape index (κ3) is 3.71. The molecule has 1 nitrogen and oxygen atoms in total. The molecule has 0 aliphatic rings. The summed E-state index contributed by atoms with van der Waals surface area (Å²) in [7, 11) is 0. The van der Waals surface area contributed by atoms with E-state index in [1.807, 2.05) is 48.5 Å². The molecule has 0 amide bonds. The van der Waals surface area contributed by atoms with Crippen molar-refractivity contribution in [1.82, 2.24) is 4.98 Å². The highest BCUT2D eigenvalue weighted by Crippen LogP contribution is 2.17. The van der Waals surface area contributed by atoms with Crippen molar-refractivity contribution in [2.24, 2.45) is 0 Å². The molecule has 104 valence electrons. The summed E-state index contributed by atoms with van der Waals surface area (Å²) < 4.78 is 0. The van der Waals surface area contributed by atoms with E-state index in [0.29, 0.717) is 0 Å². The van der Waals surface area contributed by atoms with Crippen LogP contribution in [-0.2, 0) is 0 Å². The Bertz CT molecular complexity index is 807. The van der Waals surface area contributed by atoms with Crippen molar-refractivity contribution in [3.63, 3.8) is 0 Å². The highest BCUT2D eigenvalue weighted by atomic mass is 14.6. The van der Waals surface area contributed by atoms with Gasteiger partial charge in [0.2, 0.25) is 0 Å². The summed E-state index contributed by atoms with van der Waals surface area (Å²) in [6.07, 6.45) is 5.64. The molecule has 1 heteroatoms. The Balaban J connectivity index is 2.01. The lowest BCUT2D eigenvalue weighted by Gasteiger charge is -2.01. The van der Waals surface area contributed by atoms with E-state index in [-0.39, 0.29) is 0 Å². The maximum atomic E-state index is 4.10. The fraction of sp³-hybridized carbons (Fsp3) is 0. The Labute approximate surface area is 131 Å². The topological polar surface area (TPSA) is 12.9 Å². The molecule has 0 fully saturated rings. The lowest BCUT2D eigenvalue weighted by atomic mass is 10.0. The van der Waals surface area contributed by atoms with Gasteiger partial charge in [-0.15, -0.1) is 0 Å². The molecule has 0 atom stereocenters. The summed E-state index contributed by atoms with van der Waals surface area (Å²) in [4.78, 5) is 4.10. The van der Waals surface area contributed by atoms with Crippen LogP contribution in [0.2, 0.25) is 0 Å². The van der Waals surface area contributed by atoms with E-state index in [4.69, 9.17) is 0 Å². The first-order valence-corrected chi connectivity index (χ1v) is 7.16. The molecule has 0 aliphatic heterocycles. The Hall–Kier alpha value is -3.11. The van der Waals surface area contributed by atoms with E-state index in [1.165, 1.54) is 0 Å². The maximum absolute atomic E-state index is 4.10. The third-order valence-corrected chi connectivity index (χ3v) is 3.20. The van der Waals surface area contributed by atoms with Gasteiger partial charge in [0.15, 0.2) is 0 Å². The normalized spacial score (nSPS) is 10.6. The minimum Gasteiger partial charge on any atom is -0.263 e. The van der Waals surface area contributed by atoms with Gasteiger partial charge in [0, 0.05) is 23.5 Å². The Morgan fingerprint density at radius 1 is 0.818 bits per heavy atom. The Morgan fingerprint density at radius 3 is 2.23 bits per heavy atom. The molecule has 0 bridgehead atoms. The average molecular weight is 281 g/mol. The summed E-state index contributed by atoms with van der Waals surface area (Å²) in [5.41, 5.74) is 4.16. The molecular formula is C21H15N. The van der Waals surface area contributed by atoms with Crippen LogP contribution in [0.4, 0.5) is 0 Å².